The fourth-order valence-electron chi connectivity index (χ4n) is 1.54. The Morgan fingerprint density at radius 2 is 2.58 bits per heavy atom. The number of nitrogens with one attached hydrogen (secondary N) is 1. The molecule has 4 heteroatoms. The van der Waals surface area contributed by atoms with Crippen molar-refractivity contribution in [2.45, 2.75) is 18.4 Å². The molecule has 1 aliphatic rings. The molecule has 2 heterocycles. The lowest BCUT2D eigenvalue weighted by atomic mass is 9.93. The van der Waals surface area contributed by atoms with Crippen molar-refractivity contribution in [2.75, 3.05) is 13.2 Å². The van der Waals surface area contributed by atoms with Gasteiger partial charge in [-0.05, 0) is 12.8 Å². The van der Waals surface area contributed by atoms with Crippen LogP contribution in [0.2, 0.25) is 0 Å². The van der Waals surface area contributed by atoms with Gasteiger partial charge in [-0.1, -0.05) is 0 Å². The van der Waals surface area contributed by atoms with Crippen LogP contribution in [0.3, 0.4) is 0 Å². The molecule has 66 valence electrons. The summed E-state index contributed by atoms with van der Waals surface area (Å²) < 4.78 is 5.32. The van der Waals surface area contributed by atoms with Gasteiger partial charge in [0.15, 0.2) is 0 Å². The summed E-state index contributed by atoms with van der Waals surface area (Å²) in [5.41, 5.74) is 5.72. The number of hydrogen-bond donors (Lipinski definition) is 2. The van der Waals surface area contributed by atoms with Crippen molar-refractivity contribution in [3.63, 3.8) is 0 Å². The highest BCUT2D eigenvalue weighted by atomic mass is 16.5. The van der Waals surface area contributed by atoms with Crippen LogP contribution in [0.4, 0.5) is 0 Å². The summed E-state index contributed by atoms with van der Waals surface area (Å²) in [6, 6.07) is 0. The average molecular weight is 167 g/mol. The first-order chi connectivity index (χ1) is 5.81. The smallest absolute Gasteiger partial charge is 0.128 e. The summed E-state index contributed by atoms with van der Waals surface area (Å²) in [5, 5.41) is 0. The summed E-state index contributed by atoms with van der Waals surface area (Å²) in [4.78, 5) is 7.18. The standard InChI is InChI=1S/C8H13N3O/c9-8(2-1-5-12-6-8)7-10-3-4-11-7/h3-4H,1-2,5-6,9H2,(H,10,11)/t8-/m1/s1. The normalized spacial score (nSPS) is 30.4. The van der Waals surface area contributed by atoms with Gasteiger partial charge in [-0.2, -0.15) is 0 Å². The van der Waals surface area contributed by atoms with E-state index in [2.05, 4.69) is 9.97 Å². The quantitative estimate of drug-likeness (QED) is 0.635. The first-order valence-corrected chi connectivity index (χ1v) is 4.18. The van der Waals surface area contributed by atoms with Gasteiger partial charge >= 0.3 is 0 Å². The largest absolute Gasteiger partial charge is 0.379 e. The van der Waals surface area contributed by atoms with E-state index in [1.165, 1.54) is 0 Å². The van der Waals surface area contributed by atoms with E-state index in [4.69, 9.17) is 10.5 Å². The van der Waals surface area contributed by atoms with Gasteiger partial charge in [0.1, 0.15) is 5.82 Å². The van der Waals surface area contributed by atoms with Crippen LogP contribution in [0.5, 0.6) is 0 Å². The van der Waals surface area contributed by atoms with E-state index in [1.54, 1.807) is 12.4 Å². The van der Waals surface area contributed by atoms with Gasteiger partial charge in [-0.25, -0.2) is 4.98 Å². The van der Waals surface area contributed by atoms with Crippen molar-refractivity contribution < 1.29 is 4.74 Å². The SMILES string of the molecule is N[C@]1(c2ncc[nH]2)CCCOC1. The number of nitrogens with zero attached hydrogens (tertiary/aromatic N) is 1. The minimum absolute atomic E-state index is 0.387. The van der Waals surface area contributed by atoms with E-state index in [9.17, 15) is 0 Å². The highest BCUT2D eigenvalue weighted by molar-refractivity contribution is 5.06. The molecule has 0 radical (unpaired) electrons. The molecule has 4 nitrogen and oxygen atoms in total. The topological polar surface area (TPSA) is 63.9 Å². The van der Waals surface area contributed by atoms with Crippen molar-refractivity contribution in [1.82, 2.24) is 9.97 Å². The first kappa shape index (κ1) is 7.76. The lowest BCUT2D eigenvalue weighted by molar-refractivity contribution is 0.0333. The number of nitrogens with two attached hydrogens (primary N) is 1. The molecule has 0 amide bonds. The zero-order valence-electron chi connectivity index (χ0n) is 6.92. The molecule has 0 unspecified atom stereocenters. The molecule has 1 fully saturated rings. The van der Waals surface area contributed by atoms with E-state index in [0.717, 1.165) is 25.3 Å². The number of aromatic amines is 1. The van der Waals surface area contributed by atoms with E-state index < -0.39 is 0 Å². The molecular formula is C8H13N3O. The Bertz CT molecular complexity index is 239. The van der Waals surface area contributed by atoms with Crippen LogP contribution in [-0.2, 0) is 10.3 Å². The van der Waals surface area contributed by atoms with E-state index in [1.807, 2.05) is 0 Å². The molecule has 1 aromatic heterocycles. The third-order valence-corrected chi connectivity index (χ3v) is 2.24. The molecule has 0 spiro atoms. The molecule has 1 atom stereocenters. The van der Waals surface area contributed by atoms with Crippen molar-refractivity contribution in [3.8, 4) is 0 Å². The maximum atomic E-state index is 6.11. The number of imidazole rings is 1. The molecule has 1 aromatic rings. The van der Waals surface area contributed by atoms with Crippen LogP contribution in [0.1, 0.15) is 18.7 Å². The van der Waals surface area contributed by atoms with Crippen LogP contribution >= 0.6 is 0 Å². The van der Waals surface area contributed by atoms with E-state index in [-0.39, 0.29) is 5.54 Å². The minimum Gasteiger partial charge on any atom is -0.379 e. The summed E-state index contributed by atoms with van der Waals surface area (Å²) in [6.07, 6.45) is 5.47. The predicted molar refractivity (Wildman–Crippen MR) is 44.5 cm³/mol. The van der Waals surface area contributed by atoms with Gasteiger partial charge in [-0.15, -0.1) is 0 Å². The molecule has 0 saturated carbocycles. The third kappa shape index (κ3) is 1.23. The third-order valence-electron chi connectivity index (χ3n) is 2.24. The average Bonchev–Trinajstić information content (AvgIpc) is 2.58. The highest BCUT2D eigenvalue weighted by Crippen LogP contribution is 2.24. The summed E-state index contributed by atoms with van der Waals surface area (Å²) in [5.74, 6) is 0.835. The molecule has 0 bridgehead atoms. The van der Waals surface area contributed by atoms with Gasteiger partial charge in [-0.3, -0.25) is 0 Å². The minimum atomic E-state index is -0.387. The molecule has 2 rings (SSSR count). The van der Waals surface area contributed by atoms with Crippen LogP contribution in [0.15, 0.2) is 12.4 Å². The lowest BCUT2D eigenvalue weighted by Gasteiger charge is -2.31. The highest BCUT2D eigenvalue weighted by Gasteiger charge is 2.32. The molecule has 12 heavy (non-hydrogen) atoms. The van der Waals surface area contributed by atoms with Crippen LogP contribution < -0.4 is 5.73 Å². The zero-order chi connectivity index (χ0) is 8.44. The molecule has 3 N–H and O–H groups in total. The van der Waals surface area contributed by atoms with Gasteiger partial charge in [0, 0.05) is 19.0 Å². The van der Waals surface area contributed by atoms with Crippen molar-refractivity contribution in [2.24, 2.45) is 5.73 Å². The van der Waals surface area contributed by atoms with E-state index >= 15 is 0 Å². The zero-order valence-corrected chi connectivity index (χ0v) is 6.92. The van der Waals surface area contributed by atoms with Crippen LogP contribution in [0.25, 0.3) is 0 Å². The Hall–Kier alpha value is -0.870. The summed E-state index contributed by atoms with van der Waals surface area (Å²) in [6.45, 7) is 1.39. The number of ether oxygens (including phenoxy) is 1. The molecule has 0 aliphatic carbocycles. The monoisotopic (exact) mass is 167 g/mol. The van der Waals surface area contributed by atoms with Crippen LogP contribution in [-0.4, -0.2) is 23.2 Å². The second-order valence-electron chi connectivity index (χ2n) is 3.25. The Morgan fingerprint density at radius 3 is 3.17 bits per heavy atom. The summed E-state index contributed by atoms with van der Waals surface area (Å²) in [7, 11) is 0. The predicted octanol–water partition coefficient (Wildman–Crippen LogP) is 0.374. The lowest BCUT2D eigenvalue weighted by Crippen LogP contribution is -2.45. The molecule has 1 saturated heterocycles. The fourth-order valence-corrected chi connectivity index (χ4v) is 1.54. The molecule has 0 aromatic carbocycles. The molecular weight excluding hydrogens is 154 g/mol. The van der Waals surface area contributed by atoms with Gasteiger partial charge in [0.2, 0.25) is 0 Å². The Morgan fingerprint density at radius 1 is 1.67 bits per heavy atom. The summed E-state index contributed by atoms with van der Waals surface area (Å²) >= 11 is 0. The Kier molecular flexibility index (Phi) is 1.86. The maximum Gasteiger partial charge on any atom is 0.128 e. The number of rotatable bonds is 1. The van der Waals surface area contributed by atoms with Gasteiger partial charge in [0.05, 0.1) is 12.1 Å². The van der Waals surface area contributed by atoms with Crippen molar-refractivity contribution >= 4 is 0 Å². The Labute approximate surface area is 71.1 Å². The van der Waals surface area contributed by atoms with Crippen molar-refractivity contribution in [3.05, 3.63) is 18.2 Å². The second kappa shape index (κ2) is 2.88. The van der Waals surface area contributed by atoms with E-state index in [0.29, 0.717) is 6.61 Å². The van der Waals surface area contributed by atoms with Crippen molar-refractivity contribution in [1.29, 1.82) is 0 Å². The fraction of sp³-hybridized carbons (Fsp3) is 0.625. The number of H-pyrrole nitrogens is 1. The van der Waals surface area contributed by atoms with Crippen LogP contribution in [0, 0.1) is 0 Å². The van der Waals surface area contributed by atoms with Gasteiger partial charge < -0.3 is 15.5 Å². The number of hydrogen-bond acceptors (Lipinski definition) is 3. The number of aromatic nitrogens is 2. The first-order valence-electron chi connectivity index (χ1n) is 4.18. The van der Waals surface area contributed by atoms with Gasteiger partial charge in [0.25, 0.3) is 0 Å². The second-order valence-corrected chi connectivity index (χ2v) is 3.25. The Balaban J connectivity index is 2.19. The molecule has 1 aliphatic heterocycles. The maximum absolute atomic E-state index is 6.11.